The lowest BCUT2D eigenvalue weighted by atomic mass is 10.2. The van der Waals surface area contributed by atoms with E-state index in [9.17, 15) is 9.59 Å². The molecule has 1 saturated heterocycles. The number of piperazine rings is 1. The molecule has 0 radical (unpaired) electrons. The van der Waals surface area contributed by atoms with Crippen LogP contribution in [0.3, 0.4) is 0 Å². The van der Waals surface area contributed by atoms with Crippen LogP contribution < -0.4 is 4.74 Å². The zero-order valence-corrected chi connectivity index (χ0v) is 12.0. The number of hydrogen-bond acceptors (Lipinski definition) is 3. The van der Waals surface area contributed by atoms with Crippen molar-refractivity contribution in [2.45, 2.75) is 13.0 Å². The molecule has 1 heterocycles. The summed E-state index contributed by atoms with van der Waals surface area (Å²) in [7, 11) is 0. The summed E-state index contributed by atoms with van der Waals surface area (Å²) in [5.74, 6) is 0.548. The van der Waals surface area contributed by atoms with E-state index in [2.05, 4.69) is 0 Å². The van der Waals surface area contributed by atoms with E-state index in [1.54, 1.807) is 41.0 Å². The molecule has 1 aliphatic heterocycles. The van der Waals surface area contributed by atoms with Crippen molar-refractivity contribution < 1.29 is 14.3 Å². The third kappa shape index (κ3) is 3.63. The number of carbonyl (C=O) groups excluding carboxylic acids is 2. The topological polar surface area (TPSA) is 49.9 Å². The van der Waals surface area contributed by atoms with Crippen LogP contribution in [0.15, 0.2) is 24.3 Å². The molecule has 1 aromatic carbocycles. The summed E-state index contributed by atoms with van der Waals surface area (Å²) >= 11 is 5.80. The van der Waals surface area contributed by atoms with Gasteiger partial charge in [0.1, 0.15) is 5.75 Å². The lowest BCUT2D eigenvalue weighted by Crippen LogP contribution is -2.51. The van der Waals surface area contributed by atoms with Crippen LogP contribution in [0.2, 0.25) is 5.02 Å². The van der Waals surface area contributed by atoms with Crippen molar-refractivity contribution in [3.63, 3.8) is 0 Å². The Morgan fingerprint density at radius 1 is 1.25 bits per heavy atom. The van der Waals surface area contributed by atoms with Crippen molar-refractivity contribution in [2.24, 2.45) is 0 Å². The minimum atomic E-state index is -0.557. The zero-order valence-electron chi connectivity index (χ0n) is 11.3. The monoisotopic (exact) mass is 296 g/mol. The first-order valence-electron chi connectivity index (χ1n) is 6.50. The van der Waals surface area contributed by atoms with Crippen molar-refractivity contribution in [1.82, 2.24) is 9.80 Å². The summed E-state index contributed by atoms with van der Waals surface area (Å²) in [5, 5.41) is 0.626. The van der Waals surface area contributed by atoms with Gasteiger partial charge in [0.2, 0.25) is 6.41 Å². The maximum Gasteiger partial charge on any atom is 0.263 e. The highest BCUT2D eigenvalue weighted by Crippen LogP contribution is 2.17. The van der Waals surface area contributed by atoms with Gasteiger partial charge in [-0.3, -0.25) is 9.59 Å². The smallest absolute Gasteiger partial charge is 0.263 e. The molecule has 0 aromatic heterocycles. The number of ether oxygens (including phenoxy) is 1. The summed E-state index contributed by atoms with van der Waals surface area (Å²) in [6, 6.07) is 6.90. The van der Waals surface area contributed by atoms with Gasteiger partial charge in [-0.1, -0.05) is 11.6 Å². The van der Waals surface area contributed by atoms with E-state index in [4.69, 9.17) is 16.3 Å². The first-order valence-corrected chi connectivity index (χ1v) is 6.88. The van der Waals surface area contributed by atoms with E-state index in [0.29, 0.717) is 37.0 Å². The van der Waals surface area contributed by atoms with Gasteiger partial charge in [-0.2, -0.15) is 0 Å². The highest BCUT2D eigenvalue weighted by Gasteiger charge is 2.25. The van der Waals surface area contributed by atoms with Crippen LogP contribution in [-0.2, 0) is 9.59 Å². The van der Waals surface area contributed by atoms with E-state index in [0.717, 1.165) is 6.41 Å². The fourth-order valence-corrected chi connectivity index (χ4v) is 2.20. The number of carbonyl (C=O) groups is 2. The molecule has 0 spiro atoms. The number of nitrogens with zero attached hydrogens (tertiary/aromatic N) is 2. The number of amides is 2. The van der Waals surface area contributed by atoms with Gasteiger partial charge in [-0.05, 0) is 31.2 Å². The lowest BCUT2D eigenvalue weighted by Gasteiger charge is -2.33. The number of rotatable bonds is 4. The van der Waals surface area contributed by atoms with Crippen molar-refractivity contribution >= 4 is 23.9 Å². The Labute approximate surface area is 123 Å². The average molecular weight is 297 g/mol. The van der Waals surface area contributed by atoms with Crippen LogP contribution in [0.4, 0.5) is 0 Å². The van der Waals surface area contributed by atoms with Gasteiger partial charge in [-0.15, -0.1) is 0 Å². The molecule has 0 N–H and O–H groups in total. The molecule has 0 saturated carbocycles. The van der Waals surface area contributed by atoms with Crippen molar-refractivity contribution in [3.8, 4) is 5.75 Å². The molecular weight excluding hydrogens is 280 g/mol. The van der Waals surface area contributed by atoms with Gasteiger partial charge in [0.15, 0.2) is 6.10 Å². The Kier molecular flexibility index (Phi) is 4.84. The molecule has 5 nitrogen and oxygen atoms in total. The Bertz CT molecular complexity index is 470. The van der Waals surface area contributed by atoms with Crippen LogP contribution in [0.5, 0.6) is 5.75 Å². The predicted molar refractivity (Wildman–Crippen MR) is 75.8 cm³/mol. The highest BCUT2D eigenvalue weighted by atomic mass is 35.5. The Hall–Kier alpha value is -1.75. The molecule has 1 fully saturated rings. The second-order valence-electron chi connectivity index (χ2n) is 4.68. The third-order valence-electron chi connectivity index (χ3n) is 3.25. The van der Waals surface area contributed by atoms with Crippen LogP contribution in [0.25, 0.3) is 0 Å². The zero-order chi connectivity index (χ0) is 14.5. The normalized spacial score (nSPS) is 16.7. The second kappa shape index (κ2) is 6.61. The molecule has 2 amide bonds. The third-order valence-corrected chi connectivity index (χ3v) is 3.50. The van der Waals surface area contributed by atoms with E-state index < -0.39 is 6.10 Å². The molecule has 1 unspecified atom stereocenters. The van der Waals surface area contributed by atoms with E-state index in [1.807, 2.05) is 0 Å². The second-order valence-corrected chi connectivity index (χ2v) is 5.12. The molecule has 108 valence electrons. The van der Waals surface area contributed by atoms with Crippen molar-refractivity contribution in [1.29, 1.82) is 0 Å². The van der Waals surface area contributed by atoms with E-state index in [-0.39, 0.29) is 5.91 Å². The fraction of sp³-hybridized carbons (Fsp3) is 0.429. The first kappa shape index (κ1) is 14.7. The lowest BCUT2D eigenvalue weighted by molar-refractivity contribution is -0.141. The van der Waals surface area contributed by atoms with Crippen LogP contribution >= 0.6 is 11.6 Å². The quantitative estimate of drug-likeness (QED) is 0.789. The van der Waals surface area contributed by atoms with Crippen LogP contribution in [0, 0.1) is 0 Å². The maximum atomic E-state index is 12.2. The number of benzene rings is 1. The molecule has 2 rings (SSSR count). The van der Waals surface area contributed by atoms with Gasteiger partial charge in [0.05, 0.1) is 0 Å². The molecule has 1 aliphatic rings. The maximum absolute atomic E-state index is 12.2. The molecule has 20 heavy (non-hydrogen) atoms. The summed E-state index contributed by atoms with van der Waals surface area (Å²) in [6.07, 6.45) is 0.258. The van der Waals surface area contributed by atoms with E-state index >= 15 is 0 Å². The van der Waals surface area contributed by atoms with Gasteiger partial charge in [-0.25, -0.2) is 0 Å². The standard InChI is InChI=1S/C14H17ClN2O3/c1-11(20-13-4-2-12(15)3-5-13)14(19)17-8-6-16(10-18)7-9-17/h2-5,10-11H,6-9H2,1H3. The minimum Gasteiger partial charge on any atom is -0.481 e. The van der Waals surface area contributed by atoms with Crippen LogP contribution in [-0.4, -0.2) is 54.4 Å². The Morgan fingerprint density at radius 3 is 2.40 bits per heavy atom. The Balaban J connectivity index is 1.89. The summed E-state index contributed by atoms with van der Waals surface area (Å²) < 4.78 is 5.60. The number of halogens is 1. The van der Waals surface area contributed by atoms with Gasteiger partial charge in [0, 0.05) is 31.2 Å². The molecule has 1 atom stereocenters. The molecule has 0 aliphatic carbocycles. The SMILES string of the molecule is CC(Oc1ccc(Cl)cc1)C(=O)N1CCN(C=O)CC1. The first-order chi connectivity index (χ1) is 9.60. The molecule has 0 bridgehead atoms. The van der Waals surface area contributed by atoms with Gasteiger partial charge >= 0.3 is 0 Å². The summed E-state index contributed by atoms with van der Waals surface area (Å²) in [4.78, 5) is 26.2. The van der Waals surface area contributed by atoms with Gasteiger partial charge < -0.3 is 14.5 Å². The highest BCUT2D eigenvalue weighted by molar-refractivity contribution is 6.30. The number of hydrogen-bond donors (Lipinski definition) is 0. The predicted octanol–water partition coefficient (Wildman–Crippen LogP) is 1.41. The fourth-order valence-electron chi connectivity index (χ4n) is 2.07. The average Bonchev–Trinajstić information content (AvgIpc) is 2.49. The van der Waals surface area contributed by atoms with Crippen molar-refractivity contribution in [2.75, 3.05) is 26.2 Å². The van der Waals surface area contributed by atoms with E-state index in [1.165, 1.54) is 0 Å². The van der Waals surface area contributed by atoms with Crippen LogP contribution in [0.1, 0.15) is 6.92 Å². The van der Waals surface area contributed by atoms with Crippen molar-refractivity contribution in [3.05, 3.63) is 29.3 Å². The largest absolute Gasteiger partial charge is 0.481 e. The minimum absolute atomic E-state index is 0.0644. The molecule has 1 aromatic rings. The summed E-state index contributed by atoms with van der Waals surface area (Å²) in [6.45, 7) is 3.96. The molecular formula is C14H17ClN2O3. The Morgan fingerprint density at radius 2 is 1.85 bits per heavy atom. The molecule has 6 heteroatoms. The summed E-state index contributed by atoms with van der Waals surface area (Å²) in [5.41, 5.74) is 0. The van der Waals surface area contributed by atoms with Gasteiger partial charge in [0.25, 0.3) is 5.91 Å².